The molecule has 0 atom stereocenters. The minimum absolute atomic E-state index is 0.295. The van der Waals surface area contributed by atoms with Crippen molar-refractivity contribution in [1.29, 1.82) is 0 Å². The standard InChI is InChI=1S/C14H20O3.H3O3P/c1-5-14(6-2,16-4)12-8-7-9-13(10-12)17-11(3)15;1-4(2)3/h7-10H,5-6H2,1-4H3;4H,(H2,1,2,3). The highest BCUT2D eigenvalue weighted by Gasteiger charge is 2.28. The van der Waals surface area contributed by atoms with E-state index < -0.39 is 8.25 Å². The van der Waals surface area contributed by atoms with Crippen LogP contribution >= 0.6 is 8.25 Å². The normalized spacial score (nSPS) is 10.8. The lowest BCUT2D eigenvalue weighted by Crippen LogP contribution is -2.26. The van der Waals surface area contributed by atoms with Crippen molar-refractivity contribution in [2.24, 2.45) is 0 Å². The molecule has 0 spiro atoms. The van der Waals surface area contributed by atoms with Crippen LogP contribution in [0.5, 0.6) is 5.75 Å². The molecule has 6 nitrogen and oxygen atoms in total. The van der Waals surface area contributed by atoms with E-state index in [1.165, 1.54) is 6.92 Å². The van der Waals surface area contributed by atoms with Gasteiger partial charge in [0.1, 0.15) is 5.75 Å². The second-order valence-electron chi connectivity index (χ2n) is 4.31. The van der Waals surface area contributed by atoms with Crippen LogP contribution in [-0.2, 0) is 19.7 Å². The molecule has 0 aliphatic carbocycles. The van der Waals surface area contributed by atoms with Gasteiger partial charge in [0.05, 0.1) is 5.60 Å². The van der Waals surface area contributed by atoms with E-state index in [4.69, 9.17) is 23.8 Å². The summed E-state index contributed by atoms with van der Waals surface area (Å²) in [6, 6.07) is 7.53. The molecule has 0 amide bonds. The average Bonchev–Trinajstić information content (AvgIpc) is 2.40. The van der Waals surface area contributed by atoms with Crippen LogP contribution in [0.1, 0.15) is 39.2 Å². The number of hydrogen-bond acceptors (Lipinski definition) is 4. The van der Waals surface area contributed by atoms with Crippen molar-refractivity contribution in [2.45, 2.75) is 39.2 Å². The summed E-state index contributed by atoms with van der Waals surface area (Å²) in [5, 5.41) is 0. The summed E-state index contributed by atoms with van der Waals surface area (Å²) in [5.41, 5.74) is 0.750. The Bertz CT molecular complexity index is 458. The van der Waals surface area contributed by atoms with Crippen LogP contribution < -0.4 is 4.74 Å². The second kappa shape index (κ2) is 9.68. The van der Waals surface area contributed by atoms with Crippen LogP contribution in [0.15, 0.2) is 24.3 Å². The summed E-state index contributed by atoms with van der Waals surface area (Å²) in [6.45, 7) is 5.58. The maximum atomic E-state index is 10.9. The average molecular weight is 318 g/mol. The highest BCUT2D eigenvalue weighted by molar-refractivity contribution is 7.30. The Morgan fingerprint density at radius 2 is 1.81 bits per heavy atom. The molecule has 0 aliphatic heterocycles. The molecule has 0 aliphatic rings. The van der Waals surface area contributed by atoms with Crippen molar-refractivity contribution in [3.63, 3.8) is 0 Å². The van der Waals surface area contributed by atoms with Gasteiger partial charge < -0.3 is 19.3 Å². The molecule has 2 N–H and O–H groups in total. The van der Waals surface area contributed by atoms with Crippen LogP contribution in [0.4, 0.5) is 0 Å². The number of ether oxygens (including phenoxy) is 2. The van der Waals surface area contributed by atoms with Crippen LogP contribution in [0.3, 0.4) is 0 Å². The minimum Gasteiger partial charge on any atom is -0.427 e. The Kier molecular flexibility index (Phi) is 9.13. The van der Waals surface area contributed by atoms with Crippen LogP contribution in [0.2, 0.25) is 0 Å². The lowest BCUT2D eigenvalue weighted by Gasteiger charge is -2.31. The number of benzene rings is 1. The van der Waals surface area contributed by atoms with E-state index in [9.17, 15) is 4.79 Å². The molecular weight excluding hydrogens is 295 g/mol. The third kappa shape index (κ3) is 6.87. The van der Waals surface area contributed by atoms with E-state index in [1.807, 2.05) is 18.2 Å². The quantitative estimate of drug-likeness (QED) is 0.492. The molecule has 0 fully saturated rings. The fraction of sp³-hybridized carbons (Fsp3) is 0.500. The fourth-order valence-corrected chi connectivity index (χ4v) is 2.07. The van der Waals surface area contributed by atoms with Gasteiger partial charge in [0.15, 0.2) is 0 Å². The van der Waals surface area contributed by atoms with Gasteiger partial charge in [-0.1, -0.05) is 26.0 Å². The minimum atomic E-state index is -3.13. The van der Waals surface area contributed by atoms with E-state index >= 15 is 0 Å². The number of hydrogen-bond donors (Lipinski definition) is 2. The zero-order valence-electron chi connectivity index (χ0n) is 12.8. The molecule has 0 heterocycles. The molecule has 0 saturated heterocycles. The first-order chi connectivity index (χ1) is 9.81. The highest BCUT2D eigenvalue weighted by atomic mass is 31.1. The van der Waals surface area contributed by atoms with Gasteiger partial charge in [-0.3, -0.25) is 9.36 Å². The van der Waals surface area contributed by atoms with Crippen LogP contribution in [0, 0.1) is 0 Å². The molecule has 21 heavy (non-hydrogen) atoms. The molecule has 120 valence electrons. The lowest BCUT2D eigenvalue weighted by atomic mass is 9.88. The van der Waals surface area contributed by atoms with Gasteiger partial charge >= 0.3 is 14.2 Å². The zero-order chi connectivity index (χ0) is 16.5. The van der Waals surface area contributed by atoms with Gasteiger partial charge in [-0.05, 0) is 30.5 Å². The molecule has 7 heteroatoms. The first-order valence-electron chi connectivity index (χ1n) is 6.57. The van der Waals surface area contributed by atoms with Crippen LogP contribution in [0.25, 0.3) is 0 Å². The summed E-state index contributed by atoms with van der Waals surface area (Å²) in [4.78, 5) is 25.2. The molecule has 0 aromatic heterocycles. The first-order valence-corrected chi connectivity index (χ1v) is 7.87. The Hall–Kier alpha value is -1.20. The Morgan fingerprint density at radius 1 is 1.29 bits per heavy atom. The van der Waals surface area contributed by atoms with Crippen molar-refractivity contribution < 1.29 is 28.6 Å². The summed E-state index contributed by atoms with van der Waals surface area (Å²) >= 11 is 0. The molecule has 0 bridgehead atoms. The maximum absolute atomic E-state index is 10.9. The van der Waals surface area contributed by atoms with Gasteiger partial charge in [-0.25, -0.2) is 0 Å². The van der Waals surface area contributed by atoms with Gasteiger partial charge in [0.25, 0.3) is 0 Å². The molecule has 0 unspecified atom stereocenters. The number of carbonyl (C=O) groups is 1. The van der Waals surface area contributed by atoms with E-state index in [2.05, 4.69) is 13.8 Å². The summed E-state index contributed by atoms with van der Waals surface area (Å²) in [7, 11) is -1.42. The third-order valence-corrected chi connectivity index (χ3v) is 3.15. The van der Waals surface area contributed by atoms with Crippen molar-refractivity contribution in [3.05, 3.63) is 29.8 Å². The van der Waals surface area contributed by atoms with E-state index in [-0.39, 0.29) is 11.6 Å². The molecule has 1 aromatic rings. The summed E-state index contributed by atoms with van der Waals surface area (Å²) in [5.74, 6) is 0.261. The van der Waals surface area contributed by atoms with E-state index in [0.29, 0.717) is 5.75 Å². The van der Waals surface area contributed by atoms with Crippen molar-refractivity contribution >= 4 is 14.2 Å². The first kappa shape index (κ1) is 19.8. The van der Waals surface area contributed by atoms with Gasteiger partial charge in [0, 0.05) is 14.0 Å². The Morgan fingerprint density at radius 3 is 2.19 bits per heavy atom. The number of methoxy groups -OCH3 is 1. The summed E-state index contributed by atoms with van der Waals surface area (Å²) in [6.07, 6.45) is 1.76. The Balaban J connectivity index is 0.000000885. The molecule has 0 radical (unpaired) electrons. The van der Waals surface area contributed by atoms with Gasteiger partial charge in [-0.2, -0.15) is 0 Å². The number of esters is 1. The Labute approximate surface area is 125 Å². The summed E-state index contributed by atoms with van der Waals surface area (Å²) < 4.78 is 19.5. The number of carbonyl (C=O) groups excluding carboxylic acids is 1. The number of rotatable bonds is 5. The van der Waals surface area contributed by atoms with Crippen molar-refractivity contribution in [1.82, 2.24) is 0 Å². The predicted molar refractivity (Wildman–Crippen MR) is 80.5 cm³/mol. The molecular formula is C14H23O6P. The SMILES string of the molecule is CCC(CC)(OC)c1cccc(OC(C)=O)c1.O=[PH](O)O. The predicted octanol–water partition coefficient (Wildman–Crippen LogP) is 2.63. The monoisotopic (exact) mass is 318 g/mol. The molecule has 0 saturated carbocycles. The van der Waals surface area contributed by atoms with E-state index in [1.54, 1.807) is 13.2 Å². The van der Waals surface area contributed by atoms with E-state index in [0.717, 1.165) is 18.4 Å². The highest BCUT2D eigenvalue weighted by Crippen LogP contribution is 2.34. The lowest BCUT2D eigenvalue weighted by molar-refractivity contribution is -0.131. The van der Waals surface area contributed by atoms with Crippen LogP contribution in [-0.4, -0.2) is 22.9 Å². The zero-order valence-corrected chi connectivity index (χ0v) is 13.8. The van der Waals surface area contributed by atoms with Crippen molar-refractivity contribution in [3.8, 4) is 5.75 Å². The topological polar surface area (TPSA) is 93.1 Å². The van der Waals surface area contributed by atoms with Gasteiger partial charge in [-0.15, -0.1) is 0 Å². The smallest absolute Gasteiger partial charge is 0.314 e. The fourth-order valence-electron chi connectivity index (χ4n) is 2.07. The van der Waals surface area contributed by atoms with Gasteiger partial charge in [0.2, 0.25) is 0 Å². The van der Waals surface area contributed by atoms with Crippen molar-refractivity contribution in [2.75, 3.05) is 7.11 Å². The second-order valence-corrected chi connectivity index (χ2v) is 4.87. The maximum Gasteiger partial charge on any atom is 0.314 e. The third-order valence-electron chi connectivity index (χ3n) is 3.15. The largest absolute Gasteiger partial charge is 0.427 e. The molecule has 1 rings (SSSR count). The molecule has 1 aromatic carbocycles.